The number of nitrogens with one attached hydrogen (secondary N) is 1. The van der Waals surface area contributed by atoms with Crippen molar-refractivity contribution in [1.29, 1.82) is 0 Å². The first-order chi connectivity index (χ1) is 11.2. The molecule has 132 valence electrons. The summed E-state index contributed by atoms with van der Waals surface area (Å²) >= 11 is 1.80. The maximum atomic E-state index is 5.80. The van der Waals surface area contributed by atoms with Crippen molar-refractivity contribution in [1.82, 2.24) is 10.2 Å². The van der Waals surface area contributed by atoms with Gasteiger partial charge in [-0.05, 0) is 36.4 Å². The van der Waals surface area contributed by atoms with Crippen molar-refractivity contribution in [2.24, 2.45) is 4.99 Å². The summed E-state index contributed by atoms with van der Waals surface area (Å²) in [6.07, 6.45) is 1.04. The van der Waals surface area contributed by atoms with Crippen molar-refractivity contribution in [3.8, 4) is 5.75 Å². The van der Waals surface area contributed by atoms with Crippen molar-refractivity contribution >= 4 is 41.3 Å². The normalized spacial score (nSPS) is 10.9. The molecule has 0 unspecified atom stereocenters. The van der Waals surface area contributed by atoms with E-state index >= 15 is 0 Å². The lowest BCUT2D eigenvalue weighted by Crippen LogP contribution is -2.41. The predicted octanol–water partition coefficient (Wildman–Crippen LogP) is 3.80. The summed E-state index contributed by atoms with van der Waals surface area (Å²) in [6.45, 7) is 4.34. The number of halogens is 1. The molecule has 0 fully saturated rings. The Morgan fingerprint density at radius 1 is 1.25 bits per heavy atom. The highest BCUT2D eigenvalue weighted by atomic mass is 127. The third-order valence-electron chi connectivity index (χ3n) is 3.58. The van der Waals surface area contributed by atoms with Gasteiger partial charge in [0.1, 0.15) is 12.4 Å². The van der Waals surface area contributed by atoms with E-state index in [1.165, 1.54) is 4.88 Å². The number of likely N-dealkylation sites (N-methyl/N-ethyl adjacent to an activating group) is 1. The summed E-state index contributed by atoms with van der Waals surface area (Å²) in [4.78, 5) is 7.87. The van der Waals surface area contributed by atoms with Crippen LogP contribution in [0, 0.1) is 6.92 Å². The van der Waals surface area contributed by atoms with Crippen LogP contribution in [0.1, 0.15) is 10.4 Å². The zero-order valence-corrected chi connectivity index (χ0v) is 17.6. The number of aryl methyl sites for hydroxylation is 1. The number of guanidine groups is 1. The molecule has 0 aliphatic carbocycles. The van der Waals surface area contributed by atoms with Crippen LogP contribution in [0.5, 0.6) is 5.75 Å². The Labute approximate surface area is 166 Å². The molecule has 24 heavy (non-hydrogen) atoms. The highest BCUT2D eigenvalue weighted by Crippen LogP contribution is 2.15. The first kappa shape index (κ1) is 20.8. The van der Waals surface area contributed by atoms with Gasteiger partial charge in [0.25, 0.3) is 0 Å². The largest absolute Gasteiger partial charge is 0.491 e. The Morgan fingerprint density at radius 2 is 2.04 bits per heavy atom. The number of benzene rings is 1. The van der Waals surface area contributed by atoms with Gasteiger partial charge in [0.05, 0.1) is 6.54 Å². The first-order valence-electron chi connectivity index (χ1n) is 7.83. The molecule has 2 aromatic rings. The van der Waals surface area contributed by atoms with E-state index in [1.54, 1.807) is 11.3 Å². The lowest BCUT2D eigenvalue weighted by atomic mass is 10.2. The molecule has 0 radical (unpaired) electrons. The van der Waals surface area contributed by atoms with Crippen LogP contribution in [0.3, 0.4) is 0 Å². The number of aliphatic imine (C=N–C) groups is 1. The van der Waals surface area contributed by atoms with Crippen LogP contribution in [-0.4, -0.2) is 44.7 Å². The molecular formula is C18H26IN3OS. The SMILES string of the molecule is CN=C(NCCOc1ccccc1C)N(C)CCc1cccs1.I. The van der Waals surface area contributed by atoms with Gasteiger partial charge in [0.2, 0.25) is 0 Å². The fourth-order valence-corrected chi connectivity index (χ4v) is 2.96. The van der Waals surface area contributed by atoms with E-state index in [2.05, 4.69) is 52.8 Å². The summed E-state index contributed by atoms with van der Waals surface area (Å²) in [7, 11) is 3.87. The number of ether oxygens (including phenoxy) is 1. The number of hydrogen-bond acceptors (Lipinski definition) is 3. The molecule has 0 atom stereocenters. The average molecular weight is 459 g/mol. The van der Waals surface area contributed by atoms with Gasteiger partial charge >= 0.3 is 0 Å². The Hall–Kier alpha value is -1.28. The molecule has 1 aromatic carbocycles. The summed E-state index contributed by atoms with van der Waals surface area (Å²) in [5, 5.41) is 5.46. The molecular weight excluding hydrogens is 433 g/mol. The summed E-state index contributed by atoms with van der Waals surface area (Å²) in [6, 6.07) is 12.3. The number of nitrogens with zero attached hydrogens (tertiary/aromatic N) is 2. The highest BCUT2D eigenvalue weighted by molar-refractivity contribution is 14.0. The van der Waals surface area contributed by atoms with Gasteiger partial charge < -0.3 is 15.0 Å². The summed E-state index contributed by atoms with van der Waals surface area (Å²) < 4.78 is 5.80. The topological polar surface area (TPSA) is 36.9 Å². The second kappa shape index (κ2) is 11.3. The molecule has 0 amide bonds. The van der Waals surface area contributed by atoms with Crippen molar-refractivity contribution < 1.29 is 4.74 Å². The average Bonchev–Trinajstić information content (AvgIpc) is 3.08. The van der Waals surface area contributed by atoms with Crippen molar-refractivity contribution in [2.75, 3.05) is 33.8 Å². The fourth-order valence-electron chi connectivity index (χ4n) is 2.27. The van der Waals surface area contributed by atoms with Crippen molar-refractivity contribution in [2.45, 2.75) is 13.3 Å². The van der Waals surface area contributed by atoms with Gasteiger partial charge in [0.15, 0.2) is 5.96 Å². The minimum atomic E-state index is 0. The Kier molecular flexibility index (Phi) is 9.78. The van der Waals surface area contributed by atoms with E-state index in [4.69, 9.17) is 4.74 Å². The third kappa shape index (κ3) is 6.68. The lowest BCUT2D eigenvalue weighted by Gasteiger charge is -2.22. The summed E-state index contributed by atoms with van der Waals surface area (Å²) in [5.74, 6) is 1.84. The van der Waals surface area contributed by atoms with Gasteiger partial charge in [-0.15, -0.1) is 35.3 Å². The number of para-hydroxylation sites is 1. The maximum Gasteiger partial charge on any atom is 0.193 e. The van der Waals surface area contributed by atoms with Crippen LogP contribution >= 0.6 is 35.3 Å². The second-order valence-corrected chi connectivity index (χ2v) is 6.37. The molecule has 1 N–H and O–H groups in total. The molecule has 1 aromatic heterocycles. The monoisotopic (exact) mass is 459 g/mol. The van der Waals surface area contributed by atoms with Gasteiger partial charge in [-0.3, -0.25) is 4.99 Å². The number of thiophene rings is 1. The molecule has 0 saturated heterocycles. The van der Waals surface area contributed by atoms with E-state index < -0.39 is 0 Å². The molecule has 0 bridgehead atoms. The van der Waals surface area contributed by atoms with Crippen LogP contribution in [0.4, 0.5) is 0 Å². The standard InChI is InChI=1S/C18H25N3OS.HI/c1-15-7-4-5-9-17(15)22-13-11-20-18(19-2)21(3)12-10-16-8-6-14-23-16;/h4-9,14H,10-13H2,1-3H3,(H,19,20);1H. The van der Waals surface area contributed by atoms with E-state index in [9.17, 15) is 0 Å². The van der Waals surface area contributed by atoms with Crippen LogP contribution in [0.15, 0.2) is 46.8 Å². The van der Waals surface area contributed by atoms with E-state index in [0.717, 1.165) is 36.8 Å². The molecule has 2 rings (SSSR count). The molecule has 0 saturated carbocycles. The van der Waals surface area contributed by atoms with Gasteiger partial charge in [0, 0.05) is 25.5 Å². The lowest BCUT2D eigenvalue weighted by molar-refractivity contribution is 0.317. The molecule has 0 aliphatic rings. The van der Waals surface area contributed by atoms with Crippen LogP contribution in [-0.2, 0) is 6.42 Å². The Bertz CT molecular complexity index is 616. The van der Waals surface area contributed by atoms with Crippen LogP contribution in [0.2, 0.25) is 0 Å². The highest BCUT2D eigenvalue weighted by Gasteiger charge is 2.06. The molecule has 1 heterocycles. The number of rotatable bonds is 7. The zero-order chi connectivity index (χ0) is 16.5. The van der Waals surface area contributed by atoms with Crippen LogP contribution < -0.4 is 10.1 Å². The predicted molar refractivity (Wildman–Crippen MR) is 114 cm³/mol. The third-order valence-corrected chi connectivity index (χ3v) is 4.52. The Balaban J connectivity index is 0.00000288. The van der Waals surface area contributed by atoms with E-state index in [-0.39, 0.29) is 24.0 Å². The second-order valence-electron chi connectivity index (χ2n) is 5.34. The number of hydrogen-bond donors (Lipinski definition) is 1. The molecule has 0 spiro atoms. The van der Waals surface area contributed by atoms with Gasteiger partial charge in [-0.2, -0.15) is 0 Å². The first-order valence-corrected chi connectivity index (χ1v) is 8.71. The minimum absolute atomic E-state index is 0. The summed E-state index contributed by atoms with van der Waals surface area (Å²) in [5.41, 5.74) is 1.16. The maximum absolute atomic E-state index is 5.80. The Morgan fingerprint density at radius 3 is 2.71 bits per heavy atom. The minimum Gasteiger partial charge on any atom is -0.491 e. The van der Waals surface area contributed by atoms with Gasteiger partial charge in [-0.25, -0.2) is 0 Å². The molecule has 4 nitrogen and oxygen atoms in total. The van der Waals surface area contributed by atoms with E-state index in [1.807, 2.05) is 25.2 Å². The van der Waals surface area contributed by atoms with Crippen molar-refractivity contribution in [3.05, 3.63) is 52.2 Å². The fraction of sp³-hybridized carbons (Fsp3) is 0.389. The quantitative estimate of drug-likeness (QED) is 0.296. The van der Waals surface area contributed by atoms with Gasteiger partial charge in [-0.1, -0.05) is 24.3 Å². The molecule has 6 heteroatoms. The smallest absolute Gasteiger partial charge is 0.193 e. The molecule has 0 aliphatic heterocycles. The zero-order valence-electron chi connectivity index (χ0n) is 14.5. The van der Waals surface area contributed by atoms with Crippen molar-refractivity contribution in [3.63, 3.8) is 0 Å². The van der Waals surface area contributed by atoms with E-state index in [0.29, 0.717) is 6.61 Å². The van der Waals surface area contributed by atoms with Crippen LogP contribution in [0.25, 0.3) is 0 Å².